The van der Waals surface area contributed by atoms with Crippen LogP contribution in [-0.2, 0) is 0 Å². The fourth-order valence-electron chi connectivity index (χ4n) is 1.48. The van der Waals surface area contributed by atoms with Gasteiger partial charge in [-0.25, -0.2) is 9.97 Å². The van der Waals surface area contributed by atoms with Gasteiger partial charge in [-0.05, 0) is 31.7 Å². The van der Waals surface area contributed by atoms with Gasteiger partial charge in [0.15, 0.2) is 0 Å². The van der Waals surface area contributed by atoms with Crippen molar-refractivity contribution in [2.24, 2.45) is 11.7 Å². The highest BCUT2D eigenvalue weighted by Gasteiger charge is 2.04. The second kappa shape index (κ2) is 6.49. The zero-order chi connectivity index (χ0) is 12.8. The molecule has 3 N–H and O–H groups in total. The molecule has 5 heteroatoms. The van der Waals surface area contributed by atoms with Crippen LogP contribution in [0.2, 0.25) is 0 Å². The Morgan fingerprint density at radius 1 is 1.47 bits per heavy atom. The number of nitrogens with zero attached hydrogens (tertiary/aromatic N) is 2. The van der Waals surface area contributed by atoms with Gasteiger partial charge in [0.25, 0.3) is 0 Å². The van der Waals surface area contributed by atoms with Crippen LogP contribution in [0.4, 0.5) is 5.95 Å². The van der Waals surface area contributed by atoms with Gasteiger partial charge < -0.3 is 11.1 Å². The molecular weight excluding hydrogens is 232 g/mol. The Kier molecular flexibility index (Phi) is 5.28. The molecule has 1 heterocycles. The highest BCUT2D eigenvalue weighted by atomic mass is 32.1. The zero-order valence-electron chi connectivity index (χ0n) is 10.7. The summed E-state index contributed by atoms with van der Waals surface area (Å²) >= 11 is 4.91. The van der Waals surface area contributed by atoms with Gasteiger partial charge in [0, 0.05) is 12.2 Å². The molecule has 1 rings (SSSR count). The van der Waals surface area contributed by atoms with Gasteiger partial charge in [-0.15, -0.1) is 0 Å². The van der Waals surface area contributed by atoms with Crippen LogP contribution >= 0.6 is 12.2 Å². The van der Waals surface area contributed by atoms with Crippen molar-refractivity contribution < 1.29 is 0 Å². The van der Waals surface area contributed by atoms with Gasteiger partial charge >= 0.3 is 0 Å². The number of nitrogens with one attached hydrogen (secondary N) is 1. The molecule has 0 aliphatic heterocycles. The van der Waals surface area contributed by atoms with E-state index in [1.54, 1.807) is 6.07 Å². The standard InChI is InChI=1S/C12H20N4S/c1-8(2)5-4-6-14-12-15-9(3)7-10(16-12)11(13)17/h7-8H,4-6H2,1-3H3,(H2,13,17)(H,14,15,16). The summed E-state index contributed by atoms with van der Waals surface area (Å²) in [5, 5.41) is 3.20. The average Bonchev–Trinajstić information content (AvgIpc) is 2.23. The molecule has 0 amide bonds. The molecule has 1 aromatic rings. The van der Waals surface area contributed by atoms with Crippen LogP contribution in [0.5, 0.6) is 0 Å². The predicted octanol–water partition coefficient (Wildman–Crippen LogP) is 2.27. The molecule has 0 spiro atoms. The van der Waals surface area contributed by atoms with Gasteiger partial charge in [-0.3, -0.25) is 0 Å². The number of anilines is 1. The third kappa shape index (κ3) is 5.08. The van der Waals surface area contributed by atoms with Crippen LogP contribution in [0, 0.1) is 12.8 Å². The van der Waals surface area contributed by atoms with Crippen LogP contribution in [0.1, 0.15) is 38.1 Å². The number of thiocarbonyl (C=S) groups is 1. The monoisotopic (exact) mass is 252 g/mol. The first kappa shape index (κ1) is 13.8. The maximum absolute atomic E-state index is 5.56. The lowest BCUT2D eigenvalue weighted by atomic mass is 10.1. The van der Waals surface area contributed by atoms with E-state index in [4.69, 9.17) is 18.0 Å². The van der Waals surface area contributed by atoms with Gasteiger partial charge in [0.2, 0.25) is 5.95 Å². The maximum atomic E-state index is 5.56. The van der Waals surface area contributed by atoms with Crippen molar-refractivity contribution in [2.45, 2.75) is 33.6 Å². The van der Waals surface area contributed by atoms with Crippen molar-refractivity contribution in [1.82, 2.24) is 9.97 Å². The molecular formula is C12H20N4S. The highest BCUT2D eigenvalue weighted by molar-refractivity contribution is 7.80. The fraction of sp³-hybridized carbons (Fsp3) is 0.583. The zero-order valence-corrected chi connectivity index (χ0v) is 11.5. The minimum Gasteiger partial charge on any atom is -0.388 e. The highest BCUT2D eigenvalue weighted by Crippen LogP contribution is 2.07. The largest absolute Gasteiger partial charge is 0.388 e. The summed E-state index contributed by atoms with van der Waals surface area (Å²) in [6, 6.07) is 1.79. The van der Waals surface area contributed by atoms with Crippen LogP contribution < -0.4 is 11.1 Å². The third-order valence-corrected chi connectivity index (χ3v) is 2.56. The van der Waals surface area contributed by atoms with Crippen LogP contribution in [0.25, 0.3) is 0 Å². The van der Waals surface area contributed by atoms with Crippen molar-refractivity contribution in [3.05, 3.63) is 17.5 Å². The molecule has 1 aromatic heterocycles. The molecule has 0 saturated heterocycles. The number of aromatic nitrogens is 2. The normalized spacial score (nSPS) is 10.6. The minimum absolute atomic E-state index is 0.306. The SMILES string of the molecule is Cc1cc(C(N)=S)nc(NCCCC(C)C)n1. The lowest BCUT2D eigenvalue weighted by Gasteiger charge is -2.08. The summed E-state index contributed by atoms with van der Waals surface area (Å²) in [6.07, 6.45) is 2.30. The Hall–Kier alpha value is -1.23. The first-order valence-corrected chi connectivity index (χ1v) is 6.29. The van der Waals surface area contributed by atoms with Crippen molar-refractivity contribution in [2.75, 3.05) is 11.9 Å². The molecule has 4 nitrogen and oxygen atoms in total. The second-order valence-corrected chi connectivity index (χ2v) is 4.99. The Labute approximate surface area is 108 Å². The third-order valence-electron chi connectivity index (χ3n) is 2.35. The Bertz CT molecular complexity index is 390. The summed E-state index contributed by atoms with van der Waals surface area (Å²) in [6.45, 7) is 7.21. The maximum Gasteiger partial charge on any atom is 0.223 e. The molecule has 0 aromatic carbocycles. The molecule has 0 fully saturated rings. The number of hydrogen-bond donors (Lipinski definition) is 2. The van der Waals surface area contributed by atoms with Gasteiger partial charge in [-0.2, -0.15) is 0 Å². The predicted molar refractivity (Wildman–Crippen MR) is 75.2 cm³/mol. The smallest absolute Gasteiger partial charge is 0.223 e. The lowest BCUT2D eigenvalue weighted by molar-refractivity contribution is 0.566. The number of rotatable bonds is 6. The van der Waals surface area contributed by atoms with Crippen molar-refractivity contribution in [3.63, 3.8) is 0 Å². The van der Waals surface area contributed by atoms with Crippen LogP contribution in [0.15, 0.2) is 6.07 Å². The molecule has 0 atom stereocenters. The van der Waals surface area contributed by atoms with Crippen LogP contribution in [-0.4, -0.2) is 21.5 Å². The Morgan fingerprint density at radius 3 is 2.76 bits per heavy atom. The quantitative estimate of drug-likeness (QED) is 0.600. The Morgan fingerprint density at radius 2 is 2.18 bits per heavy atom. The van der Waals surface area contributed by atoms with Crippen molar-refractivity contribution in [3.8, 4) is 0 Å². The first-order chi connectivity index (χ1) is 7.99. The van der Waals surface area contributed by atoms with E-state index in [1.807, 2.05) is 6.92 Å². The topological polar surface area (TPSA) is 63.8 Å². The van der Waals surface area contributed by atoms with Gasteiger partial charge in [-0.1, -0.05) is 26.1 Å². The van der Waals surface area contributed by atoms with E-state index in [9.17, 15) is 0 Å². The molecule has 0 aliphatic rings. The number of nitrogens with two attached hydrogens (primary N) is 1. The number of hydrogen-bond acceptors (Lipinski definition) is 4. The van der Waals surface area contributed by atoms with E-state index in [-0.39, 0.29) is 0 Å². The van der Waals surface area contributed by atoms with E-state index >= 15 is 0 Å². The van der Waals surface area contributed by atoms with Gasteiger partial charge in [0.05, 0.1) is 0 Å². The fourth-order valence-corrected chi connectivity index (χ4v) is 1.59. The summed E-state index contributed by atoms with van der Waals surface area (Å²) < 4.78 is 0. The molecule has 0 unspecified atom stereocenters. The van der Waals surface area contributed by atoms with E-state index in [1.165, 1.54) is 6.42 Å². The summed E-state index contributed by atoms with van der Waals surface area (Å²) in [7, 11) is 0. The van der Waals surface area contributed by atoms with Crippen LogP contribution in [0.3, 0.4) is 0 Å². The minimum atomic E-state index is 0.306. The average molecular weight is 252 g/mol. The molecule has 0 saturated carbocycles. The molecule has 0 bridgehead atoms. The number of aryl methyl sites for hydroxylation is 1. The Balaban J connectivity index is 2.56. The molecule has 0 radical (unpaired) electrons. The first-order valence-electron chi connectivity index (χ1n) is 5.88. The van der Waals surface area contributed by atoms with E-state index in [0.29, 0.717) is 16.6 Å². The molecule has 17 heavy (non-hydrogen) atoms. The lowest BCUT2D eigenvalue weighted by Crippen LogP contribution is -2.15. The summed E-state index contributed by atoms with van der Waals surface area (Å²) in [4.78, 5) is 8.86. The van der Waals surface area contributed by atoms with E-state index < -0.39 is 0 Å². The second-order valence-electron chi connectivity index (χ2n) is 4.55. The molecule has 94 valence electrons. The molecule has 0 aliphatic carbocycles. The van der Waals surface area contributed by atoms with Crippen molar-refractivity contribution in [1.29, 1.82) is 0 Å². The van der Waals surface area contributed by atoms with E-state index in [0.717, 1.165) is 24.6 Å². The van der Waals surface area contributed by atoms with Crippen molar-refractivity contribution >= 4 is 23.2 Å². The summed E-state index contributed by atoms with van der Waals surface area (Å²) in [5.74, 6) is 1.33. The van der Waals surface area contributed by atoms with E-state index in [2.05, 4.69) is 29.1 Å². The summed E-state index contributed by atoms with van der Waals surface area (Å²) in [5.41, 5.74) is 7.05. The van der Waals surface area contributed by atoms with Gasteiger partial charge in [0.1, 0.15) is 10.7 Å².